The fourth-order valence-electron chi connectivity index (χ4n) is 4.29. The number of carboxylic acid groups (broad SMARTS) is 1. The summed E-state index contributed by atoms with van der Waals surface area (Å²) in [6.45, 7) is 3.36. The van der Waals surface area contributed by atoms with E-state index >= 15 is 0 Å². The van der Waals surface area contributed by atoms with Gasteiger partial charge in [0.1, 0.15) is 12.4 Å². The fourth-order valence-corrected chi connectivity index (χ4v) is 4.29. The van der Waals surface area contributed by atoms with Gasteiger partial charge in [-0.15, -0.1) is 0 Å². The number of hydroxylamine groups is 1. The van der Waals surface area contributed by atoms with Crippen LogP contribution in [0.5, 0.6) is 0 Å². The minimum atomic E-state index is -0.914. The van der Waals surface area contributed by atoms with Crippen molar-refractivity contribution >= 4 is 5.97 Å². The highest BCUT2D eigenvalue weighted by Crippen LogP contribution is 2.26. The van der Waals surface area contributed by atoms with Crippen molar-refractivity contribution in [1.29, 1.82) is 0 Å². The minimum Gasteiger partial charge on any atom is -0.478 e. The van der Waals surface area contributed by atoms with E-state index in [4.69, 9.17) is 9.94 Å². The molecule has 4 N–H and O–H groups in total. The Kier molecular flexibility index (Phi) is 5.52. The maximum absolute atomic E-state index is 11.2. The molecule has 7 heteroatoms. The van der Waals surface area contributed by atoms with Crippen molar-refractivity contribution in [1.82, 2.24) is 21.0 Å². The van der Waals surface area contributed by atoms with E-state index in [1.807, 2.05) is 6.07 Å². The van der Waals surface area contributed by atoms with Gasteiger partial charge in [0.15, 0.2) is 0 Å². The number of benzene rings is 1. The van der Waals surface area contributed by atoms with E-state index in [0.717, 1.165) is 24.9 Å². The summed E-state index contributed by atoms with van der Waals surface area (Å²) in [6.07, 6.45) is 6.51. The molecule has 0 bridgehead atoms. The van der Waals surface area contributed by atoms with Crippen molar-refractivity contribution in [3.05, 3.63) is 35.4 Å². The molecule has 0 saturated carbocycles. The number of aromatic carboxylic acids is 1. The molecule has 3 saturated heterocycles. The fraction of sp³-hybridized carbons (Fsp3) is 0.632. The first-order chi connectivity index (χ1) is 12.7. The zero-order valence-electron chi connectivity index (χ0n) is 15.0. The summed E-state index contributed by atoms with van der Waals surface area (Å²) in [5.41, 5.74) is 4.19. The molecule has 3 heterocycles. The molecule has 26 heavy (non-hydrogen) atoms. The van der Waals surface area contributed by atoms with Gasteiger partial charge in [0, 0.05) is 12.5 Å². The van der Waals surface area contributed by atoms with Gasteiger partial charge in [0.05, 0.1) is 11.7 Å². The molecule has 4 rings (SSSR count). The lowest BCUT2D eigenvalue weighted by atomic mass is 9.94. The zero-order valence-corrected chi connectivity index (χ0v) is 15.0. The summed E-state index contributed by atoms with van der Waals surface area (Å²) in [7, 11) is 0. The molecule has 4 unspecified atom stereocenters. The standard InChI is InChI=1S/C19H28N4O3/c24-19(25)14-6-4-5-13(11-14)17-21-18(26-22-17)15-7-8-16(20-12-15)23-9-2-1-3-10-23/h4-6,11,15-18,20-22H,1-3,7-10,12H2,(H,24,25). The molecule has 142 valence electrons. The Bertz CT molecular complexity index is 627. The van der Waals surface area contributed by atoms with Gasteiger partial charge in [-0.3, -0.25) is 15.1 Å². The van der Waals surface area contributed by atoms with Gasteiger partial charge >= 0.3 is 5.97 Å². The number of hydrogen-bond acceptors (Lipinski definition) is 6. The summed E-state index contributed by atoms with van der Waals surface area (Å²) >= 11 is 0. The maximum atomic E-state index is 11.2. The molecule has 1 aromatic carbocycles. The van der Waals surface area contributed by atoms with E-state index in [9.17, 15) is 4.79 Å². The predicted octanol–water partition coefficient (Wildman–Crippen LogP) is 1.65. The molecule has 3 aliphatic heterocycles. The van der Waals surface area contributed by atoms with Crippen LogP contribution in [0.2, 0.25) is 0 Å². The highest BCUT2D eigenvalue weighted by molar-refractivity contribution is 5.87. The van der Waals surface area contributed by atoms with Gasteiger partial charge in [0.2, 0.25) is 0 Å². The Hall–Kier alpha value is -1.51. The third kappa shape index (κ3) is 3.92. The summed E-state index contributed by atoms with van der Waals surface area (Å²) in [6, 6.07) is 6.96. The lowest BCUT2D eigenvalue weighted by Crippen LogP contribution is -2.54. The Balaban J connectivity index is 1.30. The zero-order chi connectivity index (χ0) is 17.9. The van der Waals surface area contributed by atoms with Crippen LogP contribution in [0.25, 0.3) is 0 Å². The third-order valence-electron chi connectivity index (χ3n) is 5.80. The lowest BCUT2D eigenvalue weighted by Gasteiger charge is -2.40. The molecule has 4 atom stereocenters. The largest absolute Gasteiger partial charge is 0.478 e. The minimum absolute atomic E-state index is 0.0664. The summed E-state index contributed by atoms with van der Waals surface area (Å²) < 4.78 is 0. The molecule has 1 aromatic rings. The summed E-state index contributed by atoms with van der Waals surface area (Å²) in [5, 5.41) is 16.3. The second-order valence-electron chi connectivity index (χ2n) is 7.54. The summed E-state index contributed by atoms with van der Waals surface area (Å²) in [5.74, 6) is -0.515. The predicted molar refractivity (Wildman–Crippen MR) is 97.2 cm³/mol. The van der Waals surface area contributed by atoms with Gasteiger partial charge < -0.3 is 10.4 Å². The van der Waals surface area contributed by atoms with Crippen LogP contribution >= 0.6 is 0 Å². The van der Waals surface area contributed by atoms with Gasteiger partial charge in [-0.1, -0.05) is 18.6 Å². The maximum Gasteiger partial charge on any atom is 0.335 e. The highest BCUT2D eigenvalue weighted by atomic mass is 16.7. The van der Waals surface area contributed by atoms with Crippen molar-refractivity contribution < 1.29 is 14.7 Å². The first kappa shape index (κ1) is 17.9. The van der Waals surface area contributed by atoms with Crippen LogP contribution in [0.15, 0.2) is 24.3 Å². The van der Waals surface area contributed by atoms with Gasteiger partial charge in [-0.05, 0) is 56.5 Å². The Morgan fingerprint density at radius 2 is 2.04 bits per heavy atom. The number of likely N-dealkylation sites (tertiary alicyclic amines) is 1. The van der Waals surface area contributed by atoms with Crippen LogP contribution in [0.3, 0.4) is 0 Å². The first-order valence-electron chi connectivity index (χ1n) is 9.68. The molecule has 7 nitrogen and oxygen atoms in total. The van der Waals surface area contributed by atoms with E-state index < -0.39 is 5.97 Å². The number of nitrogens with zero attached hydrogens (tertiary/aromatic N) is 1. The number of hydrogen-bond donors (Lipinski definition) is 4. The number of rotatable bonds is 4. The molecule has 0 amide bonds. The van der Waals surface area contributed by atoms with Gasteiger partial charge in [-0.25, -0.2) is 4.79 Å². The van der Waals surface area contributed by atoms with E-state index in [1.165, 1.54) is 32.4 Å². The number of carbonyl (C=O) groups is 1. The average Bonchev–Trinajstić information content (AvgIpc) is 3.19. The van der Waals surface area contributed by atoms with Crippen molar-refractivity contribution in [3.63, 3.8) is 0 Å². The van der Waals surface area contributed by atoms with E-state index in [-0.39, 0.29) is 12.4 Å². The van der Waals surface area contributed by atoms with Crippen LogP contribution < -0.4 is 16.1 Å². The second kappa shape index (κ2) is 8.02. The van der Waals surface area contributed by atoms with Gasteiger partial charge in [0.25, 0.3) is 0 Å². The van der Waals surface area contributed by atoms with E-state index in [0.29, 0.717) is 17.6 Å². The van der Waals surface area contributed by atoms with Crippen molar-refractivity contribution in [2.75, 3.05) is 19.6 Å². The monoisotopic (exact) mass is 360 g/mol. The molecule has 0 radical (unpaired) electrons. The lowest BCUT2D eigenvalue weighted by molar-refractivity contribution is -0.0273. The van der Waals surface area contributed by atoms with Crippen LogP contribution in [0, 0.1) is 5.92 Å². The Labute approximate surface area is 154 Å². The van der Waals surface area contributed by atoms with Crippen LogP contribution in [0.4, 0.5) is 0 Å². The molecule has 0 aliphatic carbocycles. The average molecular weight is 360 g/mol. The quantitative estimate of drug-likeness (QED) is 0.649. The Morgan fingerprint density at radius 3 is 2.77 bits per heavy atom. The SMILES string of the molecule is O=C(O)c1cccc(C2NOC(C3CCC(N4CCCCC4)NC3)N2)c1. The molecular formula is C19H28N4O3. The normalized spacial score (nSPS) is 33.2. The Morgan fingerprint density at radius 1 is 1.19 bits per heavy atom. The molecule has 3 aliphatic rings. The van der Waals surface area contributed by atoms with Crippen LogP contribution in [-0.2, 0) is 4.84 Å². The van der Waals surface area contributed by atoms with Crippen molar-refractivity contribution in [2.24, 2.45) is 5.92 Å². The first-order valence-corrected chi connectivity index (χ1v) is 9.68. The van der Waals surface area contributed by atoms with E-state index in [2.05, 4.69) is 21.0 Å². The molecular weight excluding hydrogens is 332 g/mol. The van der Waals surface area contributed by atoms with Crippen molar-refractivity contribution in [2.45, 2.75) is 50.7 Å². The number of piperidine rings is 2. The number of nitrogens with one attached hydrogen (secondary N) is 3. The topological polar surface area (TPSA) is 85.9 Å². The molecule has 0 aromatic heterocycles. The van der Waals surface area contributed by atoms with Crippen LogP contribution in [-0.4, -0.2) is 48.0 Å². The van der Waals surface area contributed by atoms with E-state index in [1.54, 1.807) is 18.2 Å². The highest BCUT2D eigenvalue weighted by Gasteiger charge is 2.35. The molecule has 0 spiro atoms. The third-order valence-corrected chi connectivity index (χ3v) is 5.80. The van der Waals surface area contributed by atoms with Crippen LogP contribution in [0.1, 0.15) is 54.2 Å². The second-order valence-corrected chi connectivity index (χ2v) is 7.54. The van der Waals surface area contributed by atoms with Gasteiger partial charge in [-0.2, -0.15) is 5.48 Å². The molecule has 3 fully saturated rings. The number of carboxylic acids is 1. The smallest absolute Gasteiger partial charge is 0.335 e. The summed E-state index contributed by atoms with van der Waals surface area (Å²) in [4.78, 5) is 19.5. The van der Waals surface area contributed by atoms with Crippen molar-refractivity contribution in [3.8, 4) is 0 Å².